The first kappa shape index (κ1) is 8.65. The van der Waals surface area contributed by atoms with Crippen LogP contribution in [0.1, 0.15) is 44.9 Å². The lowest BCUT2D eigenvalue weighted by atomic mass is 10.0. The maximum atomic E-state index is 3.49. The highest BCUT2D eigenvalue weighted by molar-refractivity contribution is 5.14. The minimum Gasteiger partial charge on any atom is -0.356 e. The van der Waals surface area contributed by atoms with Gasteiger partial charge < -0.3 is 5.32 Å². The van der Waals surface area contributed by atoms with Gasteiger partial charge in [-0.05, 0) is 51.0 Å². The molecule has 2 aliphatic carbocycles. The minimum atomic E-state index is 1.17. The molecule has 0 aliphatic heterocycles. The molecule has 0 saturated carbocycles. The molecule has 1 heteroatoms. The third-order valence-corrected chi connectivity index (χ3v) is 2.65. The zero-order valence-corrected chi connectivity index (χ0v) is 8.10. The molecule has 2 rings (SSSR count). The number of hydrogen-bond acceptors (Lipinski definition) is 1. The summed E-state index contributed by atoms with van der Waals surface area (Å²) in [6.07, 6.45) is 13.3. The molecule has 0 fully saturated rings. The molecule has 13 heavy (non-hydrogen) atoms. The summed E-state index contributed by atoms with van der Waals surface area (Å²) in [5, 5.41) is 3.49. The fourth-order valence-corrected chi connectivity index (χ4v) is 1.89. The van der Waals surface area contributed by atoms with Crippen LogP contribution in [0, 0.1) is 0 Å². The highest BCUT2D eigenvalue weighted by Crippen LogP contribution is 2.18. The van der Waals surface area contributed by atoms with Crippen molar-refractivity contribution >= 4 is 0 Å². The van der Waals surface area contributed by atoms with Crippen molar-refractivity contribution in [2.75, 3.05) is 0 Å². The van der Waals surface area contributed by atoms with Gasteiger partial charge in [-0.1, -0.05) is 6.08 Å². The predicted octanol–water partition coefficient (Wildman–Crippen LogP) is 3.26. The molecule has 0 unspecified atom stereocenters. The summed E-state index contributed by atoms with van der Waals surface area (Å²) < 4.78 is 0. The average Bonchev–Trinajstić information content (AvgIpc) is 2.21. The topological polar surface area (TPSA) is 12.0 Å². The lowest BCUT2D eigenvalue weighted by molar-refractivity contribution is 0.651. The monoisotopic (exact) mass is 175 g/mol. The van der Waals surface area contributed by atoms with Crippen LogP contribution in [0.2, 0.25) is 0 Å². The molecule has 1 nitrogen and oxygen atoms in total. The molecule has 1 N–H and O–H groups in total. The molecular weight excluding hydrogens is 158 g/mol. The molecule has 0 aromatic rings. The van der Waals surface area contributed by atoms with Crippen LogP contribution in [-0.2, 0) is 0 Å². The summed E-state index contributed by atoms with van der Waals surface area (Å²) in [7, 11) is 0. The summed E-state index contributed by atoms with van der Waals surface area (Å²) in [6.45, 7) is 0. The number of nitrogens with one attached hydrogen (secondary N) is 1. The second-order valence-corrected chi connectivity index (χ2v) is 3.82. The van der Waals surface area contributed by atoms with Gasteiger partial charge in [-0.2, -0.15) is 0 Å². The van der Waals surface area contributed by atoms with E-state index in [-0.39, 0.29) is 0 Å². The standard InChI is InChI=1S/C12H17N/c1-3-7-11(8-4-1)13-12-9-5-2-6-10-12/h3,9,13H,1-2,4-6,8,10H2. The van der Waals surface area contributed by atoms with E-state index in [1.807, 2.05) is 0 Å². The van der Waals surface area contributed by atoms with E-state index in [1.165, 1.54) is 56.3 Å². The Kier molecular flexibility index (Phi) is 2.89. The lowest BCUT2D eigenvalue weighted by Crippen LogP contribution is -2.14. The number of rotatable bonds is 2. The van der Waals surface area contributed by atoms with Crippen molar-refractivity contribution in [1.82, 2.24) is 5.32 Å². The first-order valence-corrected chi connectivity index (χ1v) is 5.35. The van der Waals surface area contributed by atoms with Gasteiger partial charge in [0.25, 0.3) is 0 Å². The van der Waals surface area contributed by atoms with E-state index in [0.29, 0.717) is 0 Å². The second-order valence-electron chi connectivity index (χ2n) is 3.82. The highest BCUT2D eigenvalue weighted by atomic mass is 14.9. The third-order valence-electron chi connectivity index (χ3n) is 2.65. The van der Waals surface area contributed by atoms with E-state index in [1.54, 1.807) is 0 Å². The Morgan fingerprint density at radius 2 is 2.08 bits per heavy atom. The smallest absolute Gasteiger partial charge is 0.0576 e. The average molecular weight is 175 g/mol. The van der Waals surface area contributed by atoms with Crippen molar-refractivity contribution in [2.45, 2.75) is 44.9 Å². The van der Waals surface area contributed by atoms with E-state index in [4.69, 9.17) is 0 Å². The molecule has 0 amide bonds. The Morgan fingerprint density at radius 1 is 1.08 bits per heavy atom. The van der Waals surface area contributed by atoms with Crippen molar-refractivity contribution in [3.63, 3.8) is 0 Å². The summed E-state index contributed by atoms with van der Waals surface area (Å²) in [5.74, 6) is 0. The molecular formula is C12H17N. The van der Waals surface area contributed by atoms with Gasteiger partial charge >= 0.3 is 0 Å². The Bertz CT molecular complexity index is 267. The summed E-state index contributed by atoms with van der Waals surface area (Å²) in [6, 6.07) is 0. The highest BCUT2D eigenvalue weighted by Gasteiger charge is 2.05. The second kappa shape index (κ2) is 4.34. The minimum absolute atomic E-state index is 1.17. The molecule has 0 aromatic heterocycles. The molecule has 2 aliphatic rings. The molecule has 70 valence electrons. The maximum absolute atomic E-state index is 3.49. The van der Waals surface area contributed by atoms with Crippen LogP contribution in [0.4, 0.5) is 0 Å². The van der Waals surface area contributed by atoms with Gasteiger partial charge in [-0.25, -0.2) is 0 Å². The number of allylic oxidation sites excluding steroid dienone is 3. The summed E-state index contributed by atoms with van der Waals surface area (Å²) >= 11 is 0. The largest absolute Gasteiger partial charge is 0.356 e. The van der Waals surface area contributed by atoms with Crippen LogP contribution < -0.4 is 5.32 Å². The van der Waals surface area contributed by atoms with Crippen molar-refractivity contribution in [3.05, 3.63) is 29.3 Å². The zero-order chi connectivity index (χ0) is 8.93. The SMILES string of the molecule is C1=CCCCC=1NC1=CCCCC1. The zero-order valence-electron chi connectivity index (χ0n) is 8.10. The van der Waals surface area contributed by atoms with Gasteiger partial charge in [0.05, 0.1) is 5.70 Å². The fraction of sp³-hybridized carbons (Fsp3) is 0.583. The Balaban J connectivity index is 1.96. The lowest BCUT2D eigenvalue weighted by Gasteiger charge is -2.17. The third kappa shape index (κ3) is 2.50. The van der Waals surface area contributed by atoms with Crippen LogP contribution in [0.3, 0.4) is 0 Å². The fourth-order valence-electron chi connectivity index (χ4n) is 1.89. The van der Waals surface area contributed by atoms with Crippen molar-refractivity contribution < 1.29 is 0 Å². The van der Waals surface area contributed by atoms with Gasteiger partial charge in [0.2, 0.25) is 0 Å². The van der Waals surface area contributed by atoms with Crippen LogP contribution in [0.5, 0.6) is 0 Å². The molecule has 0 heterocycles. The van der Waals surface area contributed by atoms with E-state index in [9.17, 15) is 0 Å². The van der Waals surface area contributed by atoms with Gasteiger partial charge in [-0.15, -0.1) is 5.73 Å². The first-order valence-electron chi connectivity index (χ1n) is 5.35. The van der Waals surface area contributed by atoms with Gasteiger partial charge in [-0.3, -0.25) is 0 Å². The Labute approximate surface area is 80.2 Å². The van der Waals surface area contributed by atoms with Crippen molar-refractivity contribution in [3.8, 4) is 0 Å². The van der Waals surface area contributed by atoms with Crippen LogP contribution >= 0.6 is 0 Å². The molecule has 0 spiro atoms. The van der Waals surface area contributed by atoms with Gasteiger partial charge in [0.1, 0.15) is 0 Å². The van der Waals surface area contributed by atoms with Crippen LogP contribution in [-0.4, -0.2) is 0 Å². The summed E-state index contributed by atoms with van der Waals surface area (Å²) in [5.41, 5.74) is 6.02. The Morgan fingerprint density at radius 3 is 2.77 bits per heavy atom. The molecule has 0 saturated heterocycles. The first-order chi connectivity index (χ1) is 6.45. The van der Waals surface area contributed by atoms with Gasteiger partial charge in [0, 0.05) is 5.70 Å². The normalized spacial score (nSPS) is 22.2. The van der Waals surface area contributed by atoms with E-state index in [0.717, 1.165) is 0 Å². The molecule has 0 atom stereocenters. The maximum Gasteiger partial charge on any atom is 0.0576 e. The van der Waals surface area contributed by atoms with E-state index >= 15 is 0 Å². The Hall–Kier alpha value is -0.940. The predicted molar refractivity (Wildman–Crippen MR) is 55.1 cm³/mol. The van der Waals surface area contributed by atoms with Crippen LogP contribution in [0.25, 0.3) is 0 Å². The quantitative estimate of drug-likeness (QED) is 0.635. The molecule has 0 bridgehead atoms. The molecule has 0 aromatic carbocycles. The molecule has 0 radical (unpaired) electrons. The number of hydrogen-bond donors (Lipinski definition) is 1. The van der Waals surface area contributed by atoms with E-state index in [2.05, 4.69) is 23.2 Å². The van der Waals surface area contributed by atoms with Gasteiger partial charge in [0.15, 0.2) is 0 Å². The van der Waals surface area contributed by atoms with Crippen molar-refractivity contribution in [1.29, 1.82) is 0 Å². The summed E-state index contributed by atoms with van der Waals surface area (Å²) in [4.78, 5) is 0. The van der Waals surface area contributed by atoms with Crippen molar-refractivity contribution in [2.24, 2.45) is 0 Å². The van der Waals surface area contributed by atoms with Crippen LogP contribution in [0.15, 0.2) is 29.3 Å². The van der Waals surface area contributed by atoms with E-state index < -0.39 is 0 Å².